The lowest BCUT2D eigenvalue weighted by molar-refractivity contribution is -0.119. The van der Waals surface area contributed by atoms with E-state index in [4.69, 9.17) is 23.2 Å². The fourth-order valence-electron chi connectivity index (χ4n) is 5.37. The van der Waals surface area contributed by atoms with E-state index >= 15 is 0 Å². The van der Waals surface area contributed by atoms with Crippen LogP contribution in [0.25, 0.3) is 0 Å². The number of Topliss-reactive ketones (excluding diaryl/α,β-unsaturated/α-hetero) is 1. The van der Waals surface area contributed by atoms with E-state index in [9.17, 15) is 9.59 Å². The Balaban J connectivity index is 1.15. The highest BCUT2D eigenvalue weighted by atomic mass is 35.5. The number of carbonyl (C=O) groups is 2. The Bertz CT molecular complexity index is 1060. The van der Waals surface area contributed by atoms with Gasteiger partial charge in [0.2, 0.25) is 5.91 Å². The third-order valence-corrected chi connectivity index (χ3v) is 7.93. The molecule has 1 fully saturated rings. The molecule has 0 radical (unpaired) electrons. The van der Waals surface area contributed by atoms with E-state index in [2.05, 4.69) is 9.80 Å². The number of carbonyl (C=O) groups excluding carboxylic acids is 2. The number of rotatable bonds is 6. The minimum atomic E-state index is 0.215. The van der Waals surface area contributed by atoms with Crippen molar-refractivity contribution in [2.45, 2.75) is 38.5 Å². The molecule has 0 aliphatic carbocycles. The molecule has 0 bridgehead atoms. The first kappa shape index (κ1) is 22.7. The summed E-state index contributed by atoms with van der Waals surface area (Å²) in [4.78, 5) is 31.9. The van der Waals surface area contributed by atoms with Crippen molar-refractivity contribution in [1.29, 1.82) is 0 Å². The number of hydrogen-bond acceptors (Lipinski definition) is 4. The van der Waals surface area contributed by atoms with Crippen molar-refractivity contribution in [3.05, 3.63) is 57.1 Å². The van der Waals surface area contributed by atoms with Crippen LogP contribution in [0.1, 0.15) is 47.2 Å². The molecular formula is C26H29Cl2N3O2. The molecule has 0 unspecified atom stereocenters. The summed E-state index contributed by atoms with van der Waals surface area (Å²) in [5.41, 5.74) is 5.25. The highest BCUT2D eigenvalue weighted by Crippen LogP contribution is 2.37. The molecule has 0 saturated carbocycles. The van der Waals surface area contributed by atoms with Crippen LogP contribution < -0.4 is 9.80 Å². The van der Waals surface area contributed by atoms with Crippen LogP contribution >= 0.6 is 23.2 Å². The van der Waals surface area contributed by atoms with Crippen molar-refractivity contribution in [3.8, 4) is 0 Å². The van der Waals surface area contributed by atoms with Crippen LogP contribution in [0, 0.1) is 0 Å². The SMILES string of the molecule is O=C(CCCN1CCN(c2cccc(Cl)c2Cl)CC1)c1cc2c3c(c1)CCC(=O)N3CCC2. The lowest BCUT2D eigenvalue weighted by Crippen LogP contribution is -2.46. The van der Waals surface area contributed by atoms with Gasteiger partial charge in [0.15, 0.2) is 5.78 Å². The number of ketones is 1. The minimum absolute atomic E-state index is 0.215. The van der Waals surface area contributed by atoms with E-state index in [-0.39, 0.29) is 11.7 Å². The Labute approximate surface area is 205 Å². The third kappa shape index (κ3) is 4.64. The van der Waals surface area contributed by atoms with Crippen LogP contribution in [-0.2, 0) is 17.6 Å². The molecule has 1 saturated heterocycles. The summed E-state index contributed by atoms with van der Waals surface area (Å²) in [6.45, 7) is 5.43. The first-order chi connectivity index (χ1) is 16.0. The maximum absolute atomic E-state index is 13.0. The second-order valence-corrected chi connectivity index (χ2v) is 10.0. The molecule has 174 valence electrons. The lowest BCUT2D eigenvalue weighted by Gasteiger charge is -2.36. The van der Waals surface area contributed by atoms with Gasteiger partial charge in [0.25, 0.3) is 0 Å². The standard InChI is InChI=1S/C26H29Cl2N3O2/c27-21-5-1-6-22(25(21)28)30-14-12-29(13-15-30)10-3-7-23(32)20-16-18-4-2-11-31-24(33)9-8-19(17-20)26(18)31/h1,5-6,16-17H,2-4,7-15H2. The maximum Gasteiger partial charge on any atom is 0.227 e. The van der Waals surface area contributed by atoms with Gasteiger partial charge in [-0.2, -0.15) is 0 Å². The fourth-order valence-corrected chi connectivity index (χ4v) is 5.79. The molecule has 5 rings (SSSR count). The van der Waals surface area contributed by atoms with Crippen LogP contribution in [0.2, 0.25) is 10.0 Å². The average molecular weight is 486 g/mol. The topological polar surface area (TPSA) is 43.9 Å². The predicted molar refractivity (Wildman–Crippen MR) is 134 cm³/mol. The molecule has 0 N–H and O–H groups in total. The Hall–Kier alpha value is -2.08. The Morgan fingerprint density at radius 1 is 0.939 bits per heavy atom. The fraction of sp³-hybridized carbons (Fsp3) is 0.462. The van der Waals surface area contributed by atoms with Crippen molar-refractivity contribution in [1.82, 2.24) is 4.90 Å². The number of amides is 1. The molecule has 0 atom stereocenters. The zero-order chi connectivity index (χ0) is 22.9. The molecule has 3 aliphatic heterocycles. The molecule has 7 heteroatoms. The summed E-state index contributed by atoms with van der Waals surface area (Å²) in [6, 6.07) is 9.85. The van der Waals surface area contributed by atoms with Crippen LogP contribution in [0.15, 0.2) is 30.3 Å². The van der Waals surface area contributed by atoms with Crippen molar-refractivity contribution in [2.24, 2.45) is 0 Å². The predicted octanol–water partition coefficient (Wildman–Crippen LogP) is 5.00. The summed E-state index contributed by atoms with van der Waals surface area (Å²) >= 11 is 12.5. The van der Waals surface area contributed by atoms with Gasteiger partial charge in [-0.15, -0.1) is 0 Å². The van der Waals surface area contributed by atoms with Crippen molar-refractivity contribution >= 4 is 46.3 Å². The number of aryl methyl sites for hydroxylation is 2. The number of piperazine rings is 1. The van der Waals surface area contributed by atoms with Gasteiger partial charge in [-0.1, -0.05) is 29.3 Å². The number of halogens is 2. The van der Waals surface area contributed by atoms with Gasteiger partial charge in [-0.05, 0) is 67.6 Å². The van der Waals surface area contributed by atoms with Crippen LogP contribution in [0.5, 0.6) is 0 Å². The van der Waals surface area contributed by atoms with Gasteiger partial charge in [-0.25, -0.2) is 0 Å². The van der Waals surface area contributed by atoms with Crippen LogP contribution in [0.3, 0.4) is 0 Å². The number of benzene rings is 2. The first-order valence-electron chi connectivity index (χ1n) is 11.9. The van der Waals surface area contributed by atoms with Gasteiger partial charge in [0, 0.05) is 51.1 Å². The van der Waals surface area contributed by atoms with E-state index in [1.165, 1.54) is 11.1 Å². The molecule has 3 heterocycles. The summed E-state index contributed by atoms with van der Waals surface area (Å²) in [6.07, 6.45) is 4.64. The summed E-state index contributed by atoms with van der Waals surface area (Å²) in [5, 5.41) is 1.21. The van der Waals surface area contributed by atoms with E-state index in [0.29, 0.717) is 22.9 Å². The van der Waals surface area contributed by atoms with Gasteiger partial charge in [-0.3, -0.25) is 14.5 Å². The molecule has 0 aromatic heterocycles. The number of hydrogen-bond donors (Lipinski definition) is 0. The molecular weight excluding hydrogens is 457 g/mol. The summed E-state index contributed by atoms with van der Waals surface area (Å²) in [5.74, 6) is 0.438. The van der Waals surface area contributed by atoms with Crippen LogP contribution in [-0.4, -0.2) is 55.9 Å². The van der Waals surface area contributed by atoms with E-state index < -0.39 is 0 Å². The molecule has 2 aromatic rings. The molecule has 3 aliphatic rings. The zero-order valence-electron chi connectivity index (χ0n) is 18.8. The summed E-state index contributed by atoms with van der Waals surface area (Å²) < 4.78 is 0. The van der Waals surface area contributed by atoms with Gasteiger partial charge in [0.05, 0.1) is 21.4 Å². The lowest BCUT2D eigenvalue weighted by atomic mass is 9.88. The molecule has 2 aromatic carbocycles. The highest BCUT2D eigenvalue weighted by Gasteiger charge is 2.30. The van der Waals surface area contributed by atoms with Gasteiger partial charge in [0.1, 0.15) is 0 Å². The third-order valence-electron chi connectivity index (χ3n) is 7.12. The molecule has 33 heavy (non-hydrogen) atoms. The summed E-state index contributed by atoms with van der Waals surface area (Å²) in [7, 11) is 0. The van der Waals surface area contributed by atoms with Crippen LogP contribution in [0.4, 0.5) is 11.4 Å². The second kappa shape index (κ2) is 9.65. The van der Waals surface area contributed by atoms with E-state index in [1.54, 1.807) is 0 Å². The molecule has 0 spiro atoms. The first-order valence-corrected chi connectivity index (χ1v) is 12.7. The number of nitrogens with zero attached hydrogens (tertiary/aromatic N) is 3. The maximum atomic E-state index is 13.0. The Morgan fingerprint density at radius 2 is 1.70 bits per heavy atom. The Kier molecular flexibility index (Phi) is 6.64. The normalized spacial score (nSPS) is 18.4. The van der Waals surface area contributed by atoms with Crippen molar-refractivity contribution in [2.75, 3.05) is 49.1 Å². The molecule has 5 nitrogen and oxygen atoms in total. The molecule has 1 amide bonds. The smallest absolute Gasteiger partial charge is 0.227 e. The quantitative estimate of drug-likeness (QED) is 0.539. The Morgan fingerprint density at radius 3 is 2.48 bits per heavy atom. The van der Waals surface area contributed by atoms with Gasteiger partial charge >= 0.3 is 0 Å². The number of anilines is 2. The highest BCUT2D eigenvalue weighted by molar-refractivity contribution is 6.43. The average Bonchev–Trinajstić information content (AvgIpc) is 2.83. The second-order valence-electron chi connectivity index (χ2n) is 9.22. The van der Waals surface area contributed by atoms with E-state index in [1.807, 2.05) is 35.2 Å². The monoisotopic (exact) mass is 485 g/mol. The largest absolute Gasteiger partial charge is 0.368 e. The van der Waals surface area contributed by atoms with Gasteiger partial charge < -0.3 is 9.80 Å². The minimum Gasteiger partial charge on any atom is -0.368 e. The zero-order valence-corrected chi connectivity index (χ0v) is 20.3. The van der Waals surface area contributed by atoms with Crippen molar-refractivity contribution in [3.63, 3.8) is 0 Å². The van der Waals surface area contributed by atoms with Crippen molar-refractivity contribution < 1.29 is 9.59 Å². The van der Waals surface area contributed by atoms with E-state index in [0.717, 1.165) is 81.9 Å².